The van der Waals surface area contributed by atoms with Crippen LogP contribution in [0.3, 0.4) is 0 Å². The number of H-pyrrole nitrogens is 1. The van der Waals surface area contributed by atoms with E-state index in [1.54, 1.807) is 20.8 Å². The third-order valence-electron chi connectivity index (χ3n) is 3.96. The first-order valence-corrected chi connectivity index (χ1v) is 8.20. The molecule has 1 unspecified atom stereocenters. The van der Waals surface area contributed by atoms with Crippen LogP contribution in [0.1, 0.15) is 44.0 Å². The molecule has 0 bridgehead atoms. The molecule has 3 rings (SSSR count). The van der Waals surface area contributed by atoms with Crippen molar-refractivity contribution in [2.75, 3.05) is 0 Å². The topological polar surface area (TPSA) is 106 Å². The molecule has 0 amide bonds. The third kappa shape index (κ3) is 3.44. The van der Waals surface area contributed by atoms with E-state index in [0.717, 1.165) is 12.1 Å². The van der Waals surface area contributed by atoms with Crippen LogP contribution in [-0.2, 0) is 14.3 Å². The Kier molecular flexibility index (Phi) is 4.29. The largest absolute Gasteiger partial charge is 0.459 e. The van der Waals surface area contributed by atoms with Gasteiger partial charge in [-0.2, -0.15) is 0 Å². The number of ether oxygens (including phenoxy) is 1. The number of aromatic nitrogens is 1. The number of hydrogen-bond donors (Lipinski definition) is 1. The summed E-state index contributed by atoms with van der Waals surface area (Å²) in [5.41, 5.74) is -1.72. The molecule has 8 heteroatoms. The Morgan fingerprint density at radius 2 is 1.92 bits per heavy atom. The lowest BCUT2D eigenvalue weighted by Gasteiger charge is -2.23. The third-order valence-corrected chi connectivity index (χ3v) is 3.96. The van der Waals surface area contributed by atoms with E-state index >= 15 is 0 Å². The lowest BCUT2D eigenvalue weighted by Crippen LogP contribution is -2.38. The second kappa shape index (κ2) is 6.19. The van der Waals surface area contributed by atoms with Crippen LogP contribution in [0.4, 0.5) is 4.39 Å². The molecule has 1 aliphatic carbocycles. The molecule has 1 saturated carbocycles. The number of carbonyl (C=O) groups excluding carboxylic acids is 3. The number of aromatic amines is 1. The van der Waals surface area contributed by atoms with E-state index in [2.05, 4.69) is 4.98 Å². The molecule has 138 valence electrons. The van der Waals surface area contributed by atoms with Crippen molar-refractivity contribution in [2.24, 2.45) is 11.8 Å². The molecular formula is C18H18FNO6. The van der Waals surface area contributed by atoms with Crippen LogP contribution in [0.2, 0.25) is 0 Å². The number of hydrogen-bond acceptors (Lipinski definition) is 6. The average Bonchev–Trinajstić information content (AvgIpc) is 3.27. The Labute approximate surface area is 147 Å². The quantitative estimate of drug-likeness (QED) is 0.497. The van der Waals surface area contributed by atoms with Crippen LogP contribution in [-0.4, -0.2) is 28.1 Å². The van der Waals surface area contributed by atoms with E-state index in [4.69, 9.17) is 9.15 Å². The van der Waals surface area contributed by atoms with E-state index in [-0.39, 0.29) is 22.6 Å². The maximum absolute atomic E-state index is 13.8. The molecule has 0 spiro atoms. The summed E-state index contributed by atoms with van der Waals surface area (Å²) in [5, 5.41) is 0. The molecule has 1 heterocycles. The lowest BCUT2D eigenvalue weighted by molar-refractivity contribution is -0.160. The van der Waals surface area contributed by atoms with Gasteiger partial charge in [0.25, 0.3) is 0 Å². The minimum Gasteiger partial charge on any atom is -0.459 e. The van der Waals surface area contributed by atoms with Crippen LogP contribution in [0.15, 0.2) is 21.3 Å². The van der Waals surface area contributed by atoms with E-state index in [1.165, 1.54) is 0 Å². The van der Waals surface area contributed by atoms with Crippen molar-refractivity contribution in [1.82, 2.24) is 4.98 Å². The summed E-state index contributed by atoms with van der Waals surface area (Å²) in [5.74, 6) is -6.13. The predicted molar refractivity (Wildman–Crippen MR) is 88.2 cm³/mol. The van der Waals surface area contributed by atoms with Gasteiger partial charge in [0.1, 0.15) is 11.1 Å². The second-order valence-corrected chi connectivity index (χ2v) is 7.32. The number of nitrogens with one attached hydrogen (secondary N) is 1. The minimum atomic E-state index is -1.67. The van der Waals surface area contributed by atoms with Gasteiger partial charge in [-0.15, -0.1) is 0 Å². The predicted octanol–water partition coefficient (Wildman–Crippen LogP) is 2.38. The van der Waals surface area contributed by atoms with Gasteiger partial charge in [0.15, 0.2) is 28.9 Å². The summed E-state index contributed by atoms with van der Waals surface area (Å²) >= 11 is 0. The molecule has 2 aromatic rings. The fraction of sp³-hybridized carbons (Fsp3) is 0.444. The smallest absolute Gasteiger partial charge is 0.417 e. The number of carbonyl (C=O) groups is 3. The highest BCUT2D eigenvalue weighted by atomic mass is 19.1. The molecule has 1 N–H and O–H groups in total. The maximum atomic E-state index is 13.8. The molecule has 1 fully saturated rings. The van der Waals surface area contributed by atoms with Gasteiger partial charge >= 0.3 is 11.7 Å². The standard InChI is InChI=1S/C18H18FNO6/c1-18(2,3)26-16(23)11(13(21)8-4-5-8)14(22)9-6-7-10(19)12-15(9)25-17(24)20-12/h6-8,11H,4-5H2,1-3H3,(H,20,24). The SMILES string of the molecule is CC(C)(C)OC(=O)C(C(=O)c1ccc(F)c2[nH]c(=O)oc12)C(=O)C1CC1. The Hall–Kier alpha value is -2.77. The van der Waals surface area contributed by atoms with Crippen molar-refractivity contribution in [1.29, 1.82) is 0 Å². The van der Waals surface area contributed by atoms with Crippen molar-refractivity contribution >= 4 is 28.6 Å². The van der Waals surface area contributed by atoms with Crippen molar-refractivity contribution in [3.05, 3.63) is 34.1 Å². The zero-order valence-electron chi connectivity index (χ0n) is 14.6. The number of Topliss-reactive ketones (excluding diaryl/α,β-unsaturated/α-hetero) is 2. The summed E-state index contributed by atoms with van der Waals surface area (Å²) < 4.78 is 23.9. The molecule has 26 heavy (non-hydrogen) atoms. The summed E-state index contributed by atoms with van der Waals surface area (Å²) in [6.45, 7) is 4.86. The number of halogens is 1. The second-order valence-electron chi connectivity index (χ2n) is 7.32. The molecule has 1 aromatic carbocycles. The Balaban J connectivity index is 2.05. The highest BCUT2D eigenvalue weighted by molar-refractivity contribution is 6.25. The van der Waals surface area contributed by atoms with Gasteiger partial charge in [-0.1, -0.05) is 0 Å². The van der Waals surface area contributed by atoms with E-state index in [1.807, 2.05) is 0 Å². The van der Waals surface area contributed by atoms with Crippen LogP contribution in [0, 0.1) is 17.7 Å². The summed E-state index contributed by atoms with van der Waals surface area (Å²) in [4.78, 5) is 51.6. The normalized spacial score (nSPS) is 15.7. The van der Waals surface area contributed by atoms with Crippen molar-refractivity contribution in [3.63, 3.8) is 0 Å². The van der Waals surface area contributed by atoms with Gasteiger partial charge in [-0.3, -0.25) is 19.4 Å². The maximum Gasteiger partial charge on any atom is 0.417 e. The number of oxazole rings is 1. The molecule has 0 saturated heterocycles. The molecular weight excluding hydrogens is 345 g/mol. The van der Waals surface area contributed by atoms with Gasteiger partial charge in [-0.25, -0.2) is 9.18 Å². The molecule has 1 atom stereocenters. The van der Waals surface area contributed by atoms with Crippen LogP contribution in [0.5, 0.6) is 0 Å². The average molecular weight is 363 g/mol. The first kappa shape index (κ1) is 18.0. The van der Waals surface area contributed by atoms with Gasteiger partial charge < -0.3 is 9.15 Å². The summed E-state index contributed by atoms with van der Waals surface area (Å²) in [7, 11) is 0. The number of benzene rings is 1. The highest BCUT2D eigenvalue weighted by Gasteiger charge is 2.45. The number of rotatable bonds is 5. The summed E-state index contributed by atoms with van der Waals surface area (Å²) in [6.07, 6.45) is 1.20. The Morgan fingerprint density at radius 1 is 1.27 bits per heavy atom. The fourth-order valence-electron chi connectivity index (χ4n) is 2.67. The molecule has 0 radical (unpaired) electrons. The fourth-order valence-corrected chi connectivity index (χ4v) is 2.67. The molecule has 1 aromatic heterocycles. The minimum absolute atomic E-state index is 0.218. The van der Waals surface area contributed by atoms with Crippen LogP contribution in [0.25, 0.3) is 11.1 Å². The highest BCUT2D eigenvalue weighted by Crippen LogP contribution is 2.35. The van der Waals surface area contributed by atoms with Gasteiger partial charge in [0, 0.05) is 5.92 Å². The molecule has 1 aliphatic rings. The monoisotopic (exact) mass is 363 g/mol. The number of esters is 1. The van der Waals surface area contributed by atoms with Crippen molar-refractivity contribution in [2.45, 2.75) is 39.2 Å². The van der Waals surface area contributed by atoms with Gasteiger partial charge in [-0.05, 0) is 45.7 Å². The molecule has 7 nitrogen and oxygen atoms in total. The Bertz CT molecular complexity index is 960. The zero-order valence-corrected chi connectivity index (χ0v) is 14.6. The van der Waals surface area contributed by atoms with Gasteiger partial charge in [0.2, 0.25) is 0 Å². The van der Waals surface area contributed by atoms with E-state index in [9.17, 15) is 23.6 Å². The van der Waals surface area contributed by atoms with Crippen molar-refractivity contribution < 1.29 is 27.9 Å². The van der Waals surface area contributed by atoms with E-state index in [0.29, 0.717) is 12.8 Å². The lowest BCUT2D eigenvalue weighted by atomic mass is 9.90. The van der Waals surface area contributed by atoms with Gasteiger partial charge in [0.05, 0.1) is 5.56 Å². The van der Waals surface area contributed by atoms with E-state index < -0.39 is 40.6 Å². The Morgan fingerprint density at radius 3 is 2.50 bits per heavy atom. The van der Waals surface area contributed by atoms with Crippen molar-refractivity contribution in [3.8, 4) is 0 Å². The summed E-state index contributed by atoms with van der Waals surface area (Å²) in [6, 6.07) is 2.06. The number of fused-ring (bicyclic) bond motifs is 1. The first-order chi connectivity index (χ1) is 12.1. The zero-order chi connectivity index (χ0) is 19.2. The first-order valence-electron chi connectivity index (χ1n) is 8.20. The number of ketones is 2. The molecule has 0 aliphatic heterocycles. The van der Waals surface area contributed by atoms with Crippen LogP contribution < -0.4 is 5.76 Å². The van der Waals surface area contributed by atoms with Crippen LogP contribution >= 0.6 is 0 Å².